The standard InChI is InChI=1S/C14H10F2OS/c1-9(17)18-12-6-7-13(14(16)8-12)10-2-4-11(15)5-3-10/h2-8H,1H3. The van der Waals surface area contributed by atoms with Crippen molar-refractivity contribution >= 4 is 16.9 Å². The number of hydrogen-bond donors (Lipinski definition) is 0. The fourth-order valence-corrected chi connectivity index (χ4v) is 2.22. The summed E-state index contributed by atoms with van der Waals surface area (Å²) in [4.78, 5) is 11.5. The van der Waals surface area contributed by atoms with E-state index >= 15 is 0 Å². The van der Waals surface area contributed by atoms with Gasteiger partial charge in [0.15, 0.2) is 5.12 Å². The average molecular weight is 264 g/mol. The SMILES string of the molecule is CC(=O)Sc1ccc(-c2ccc(F)cc2)c(F)c1. The van der Waals surface area contributed by atoms with E-state index in [0.29, 0.717) is 16.0 Å². The van der Waals surface area contributed by atoms with E-state index in [1.54, 1.807) is 12.1 Å². The smallest absolute Gasteiger partial charge is 0.190 e. The van der Waals surface area contributed by atoms with Crippen LogP contribution in [0.4, 0.5) is 8.78 Å². The third-order valence-electron chi connectivity index (χ3n) is 2.36. The van der Waals surface area contributed by atoms with Gasteiger partial charge in [0.1, 0.15) is 11.6 Å². The highest BCUT2D eigenvalue weighted by Crippen LogP contribution is 2.27. The summed E-state index contributed by atoms with van der Waals surface area (Å²) < 4.78 is 26.6. The third-order valence-corrected chi connectivity index (χ3v) is 3.13. The first-order valence-electron chi connectivity index (χ1n) is 5.30. The second-order valence-electron chi connectivity index (χ2n) is 3.74. The molecule has 2 aromatic rings. The first kappa shape index (κ1) is 12.8. The normalized spacial score (nSPS) is 10.4. The number of carbonyl (C=O) groups excluding carboxylic acids is 1. The molecule has 0 spiro atoms. The maximum atomic E-state index is 13.9. The number of carbonyl (C=O) groups is 1. The maximum absolute atomic E-state index is 13.9. The summed E-state index contributed by atoms with van der Waals surface area (Å²) in [5.41, 5.74) is 0.996. The molecule has 0 fully saturated rings. The second kappa shape index (κ2) is 5.31. The van der Waals surface area contributed by atoms with Crippen molar-refractivity contribution in [3.05, 3.63) is 54.1 Å². The number of thioether (sulfide) groups is 1. The topological polar surface area (TPSA) is 17.1 Å². The molecular formula is C14H10F2OS. The lowest BCUT2D eigenvalue weighted by atomic mass is 10.1. The van der Waals surface area contributed by atoms with E-state index in [1.165, 1.54) is 37.3 Å². The Morgan fingerprint density at radius 3 is 2.28 bits per heavy atom. The van der Waals surface area contributed by atoms with Gasteiger partial charge in [0.2, 0.25) is 0 Å². The van der Waals surface area contributed by atoms with Crippen molar-refractivity contribution in [2.45, 2.75) is 11.8 Å². The Bertz CT molecular complexity index is 579. The van der Waals surface area contributed by atoms with Crippen LogP contribution in [0.1, 0.15) is 6.92 Å². The van der Waals surface area contributed by atoms with Crippen molar-refractivity contribution in [1.29, 1.82) is 0 Å². The lowest BCUT2D eigenvalue weighted by molar-refractivity contribution is -0.109. The van der Waals surface area contributed by atoms with Crippen molar-refractivity contribution in [3.8, 4) is 11.1 Å². The molecule has 0 amide bonds. The van der Waals surface area contributed by atoms with Gasteiger partial charge in [-0.25, -0.2) is 8.78 Å². The Kier molecular flexibility index (Phi) is 3.77. The summed E-state index contributed by atoms with van der Waals surface area (Å²) in [5, 5.41) is -0.0936. The summed E-state index contributed by atoms with van der Waals surface area (Å²) in [6.07, 6.45) is 0. The zero-order chi connectivity index (χ0) is 13.1. The van der Waals surface area contributed by atoms with Gasteiger partial charge >= 0.3 is 0 Å². The van der Waals surface area contributed by atoms with E-state index in [2.05, 4.69) is 0 Å². The molecule has 92 valence electrons. The molecular weight excluding hydrogens is 254 g/mol. The minimum atomic E-state index is -0.423. The molecule has 4 heteroatoms. The largest absolute Gasteiger partial charge is 0.287 e. The number of rotatable bonds is 2. The fraction of sp³-hybridized carbons (Fsp3) is 0.0714. The molecule has 0 aliphatic rings. The molecule has 1 nitrogen and oxygen atoms in total. The molecule has 0 aliphatic carbocycles. The van der Waals surface area contributed by atoms with Gasteiger partial charge in [-0.1, -0.05) is 30.0 Å². The summed E-state index contributed by atoms with van der Waals surface area (Å²) in [6, 6.07) is 10.2. The van der Waals surface area contributed by atoms with Crippen molar-refractivity contribution in [2.75, 3.05) is 0 Å². The van der Waals surface area contributed by atoms with Gasteiger partial charge in [-0.15, -0.1) is 0 Å². The zero-order valence-electron chi connectivity index (χ0n) is 9.61. The Morgan fingerprint density at radius 2 is 1.72 bits per heavy atom. The maximum Gasteiger partial charge on any atom is 0.190 e. The molecule has 0 N–H and O–H groups in total. The van der Waals surface area contributed by atoms with Gasteiger partial charge in [-0.2, -0.15) is 0 Å². The summed E-state index contributed by atoms with van der Waals surface area (Å²) in [7, 11) is 0. The van der Waals surface area contributed by atoms with Gasteiger partial charge < -0.3 is 0 Å². The molecule has 0 aliphatic heterocycles. The van der Waals surface area contributed by atoms with E-state index in [1.807, 2.05) is 0 Å². The highest BCUT2D eigenvalue weighted by atomic mass is 32.2. The molecule has 2 rings (SSSR count). The Labute approximate surface area is 108 Å². The lowest BCUT2D eigenvalue weighted by Gasteiger charge is -2.05. The Hall–Kier alpha value is -1.68. The van der Waals surface area contributed by atoms with Gasteiger partial charge in [-0.3, -0.25) is 4.79 Å². The average Bonchev–Trinajstić information content (AvgIpc) is 2.30. The molecule has 0 heterocycles. The molecule has 0 saturated carbocycles. The molecule has 0 saturated heterocycles. The van der Waals surface area contributed by atoms with E-state index < -0.39 is 5.82 Å². The summed E-state index contributed by atoms with van der Waals surface area (Å²) in [6.45, 7) is 1.43. The first-order chi connectivity index (χ1) is 8.56. The van der Waals surface area contributed by atoms with Crippen LogP contribution in [0.15, 0.2) is 47.4 Å². The van der Waals surface area contributed by atoms with Crippen LogP contribution in [0.5, 0.6) is 0 Å². The molecule has 0 unspecified atom stereocenters. The predicted octanol–water partition coefficient (Wildman–Crippen LogP) is 4.27. The molecule has 0 aromatic heterocycles. The minimum Gasteiger partial charge on any atom is -0.287 e. The second-order valence-corrected chi connectivity index (χ2v) is 4.99. The molecule has 0 bridgehead atoms. The van der Waals surface area contributed by atoms with E-state index in [9.17, 15) is 13.6 Å². The molecule has 0 atom stereocenters. The van der Waals surface area contributed by atoms with Crippen LogP contribution in [-0.4, -0.2) is 5.12 Å². The first-order valence-corrected chi connectivity index (χ1v) is 6.12. The van der Waals surface area contributed by atoms with Crippen molar-refractivity contribution in [1.82, 2.24) is 0 Å². The number of halogens is 2. The monoisotopic (exact) mass is 264 g/mol. The van der Waals surface area contributed by atoms with E-state index in [4.69, 9.17) is 0 Å². The Balaban J connectivity index is 2.35. The Morgan fingerprint density at radius 1 is 1.06 bits per heavy atom. The van der Waals surface area contributed by atoms with Gasteiger partial charge in [0.05, 0.1) is 0 Å². The highest BCUT2D eigenvalue weighted by molar-refractivity contribution is 8.13. The van der Waals surface area contributed by atoms with Crippen molar-refractivity contribution in [2.24, 2.45) is 0 Å². The quantitative estimate of drug-likeness (QED) is 0.753. The molecule has 18 heavy (non-hydrogen) atoms. The highest BCUT2D eigenvalue weighted by Gasteiger charge is 2.07. The van der Waals surface area contributed by atoms with Crippen molar-refractivity contribution in [3.63, 3.8) is 0 Å². The number of benzene rings is 2. The minimum absolute atomic E-state index is 0.0936. The van der Waals surface area contributed by atoms with E-state index in [-0.39, 0.29) is 10.9 Å². The van der Waals surface area contributed by atoms with Gasteiger partial charge in [0, 0.05) is 17.4 Å². The third kappa shape index (κ3) is 2.96. The van der Waals surface area contributed by atoms with Crippen LogP contribution in [0.2, 0.25) is 0 Å². The summed E-state index contributed by atoms with van der Waals surface area (Å²) in [5.74, 6) is -0.782. The van der Waals surface area contributed by atoms with Gasteiger partial charge in [-0.05, 0) is 29.8 Å². The fourth-order valence-electron chi connectivity index (χ4n) is 1.59. The van der Waals surface area contributed by atoms with Crippen LogP contribution in [0.3, 0.4) is 0 Å². The molecule has 2 aromatic carbocycles. The lowest BCUT2D eigenvalue weighted by Crippen LogP contribution is -1.87. The van der Waals surface area contributed by atoms with Crippen LogP contribution in [-0.2, 0) is 4.79 Å². The van der Waals surface area contributed by atoms with Crippen LogP contribution >= 0.6 is 11.8 Å². The van der Waals surface area contributed by atoms with Crippen LogP contribution in [0, 0.1) is 11.6 Å². The van der Waals surface area contributed by atoms with E-state index in [0.717, 1.165) is 11.8 Å². The van der Waals surface area contributed by atoms with Crippen LogP contribution in [0.25, 0.3) is 11.1 Å². The molecule has 0 radical (unpaired) electrons. The van der Waals surface area contributed by atoms with Gasteiger partial charge in [0.25, 0.3) is 0 Å². The summed E-state index contributed by atoms with van der Waals surface area (Å²) >= 11 is 0.980. The zero-order valence-corrected chi connectivity index (χ0v) is 10.4. The van der Waals surface area contributed by atoms with Crippen molar-refractivity contribution < 1.29 is 13.6 Å². The van der Waals surface area contributed by atoms with Crippen LogP contribution < -0.4 is 0 Å². The number of hydrogen-bond acceptors (Lipinski definition) is 2. The predicted molar refractivity (Wildman–Crippen MR) is 68.3 cm³/mol.